The highest BCUT2D eigenvalue weighted by Crippen LogP contribution is 2.42. The Morgan fingerprint density at radius 1 is 1.15 bits per heavy atom. The van der Waals surface area contributed by atoms with E-state index < -0.39 is 34.7 Å². The minimum absolute atomic E-state index is 0.0359. The molecule has 2 heterocycles. The number of rotatable bonds is 9. The average molecular weight is 478 g/mol. The van der Waals surface area contributed by atoms with Gasteiger partial charge in [-0.2, -0.15) is 4.98 Å². The lowest BCUT2D eigenvalue weighted by molar-refractivity contribution is -0.145. The number of H-pyrrole nitrogens is 1. The van der Waals surface area contributed by atoms with E-state index in [1.807, 2.05) is 0 Å². The van der Waals surface area contributed by atoms with Crippen LogP contribution in [0.1, 0.15) is 51.4 Å². The zero-order valence-electron chi connectivity index (χ0n) is 18.8. The van der Waals surface area contributed by atoms with E-state index in [2.05, 4.69) is 15.0 Å². The third kappa shape index (κ3) is 4.26. The summed E-state index contributed by atoms with van der Waals surface area (Å²) in [5, 5.41) is 19.4. The normalized spacial score (nSPS) is 30.1. The molecule has 0 spiro atoms. The highest BCUT2D eigenvalue weighted by molar-refractivity contribution is 5.80. The number of fused-ring (bicyclic) bond motifs is 1. The van der Waals surface area contributed by atoms with Crippen LogP contribution in [0.15, 0.2) is 11.1 Å². The molecule has 2 aliphatic carbocycles. The zero-order valence-corrected chi connectivity index (χ0v) is 18.8. The SMILES string of the molecule is Nc1nc2c(ncn2COC(CC2CCCC2(N)C(=O)O)CC2CCCC2(N)C(=O)O)c(=O)[nH]1. The molecule has 2 aliphatic rings. The fourth-order valence-corrected chi connectivity index (χ4v) is 5.54. The van der Waals surface area contributed by atoms with Crippen molar-refractivity contribution < 1.29 is 24.5 Å². The summed E-state index contributed by atoms with van der Waals surface area (Å²) in [6.07, 6.45) is 5.00. The van der Waals surface area contributed by atoms with Crippen LogP contribution in [0.4, 0.5) is 5.95 Å². The van der Waals surface area contributed by atoms with Crippen LogP contribution in [0.25, 0.3) is 11.2 Å². The van der Waals surface area contributed by atoms with Gasteiger partial charge in [0.25, 0.3) is 5.56 Å². The number of nitrogens with two attached hydrogens (primary N) is 3. The first-order valence-corrected chi connectivity index (χ1v) is 11.4. The quantitative estimate of drug-likeness (QED) is 0.281. The number of carboxylic acids is 2. The van der Waals surface area contributed by atoms with Gasteiger partial charge in [0.1, 0.15) is 17.8 Å². The maximum Gasteiger partial charge on any atom is 0.323 e. The molecular weight excluding hydrogens is 446 g/mol. The zero-order chi connectivity index (χ0) is 24.7. The van der Waals surface area contributed by atoms with Crippen molar-refractivity contribution in [3.05, 3.63) is 16.7 Å². The largest absolute Gasteiger partial charge is 0.480 e. The minimum atomic E-state index is -1.35. The van der Waals surface area contributed by atoms with Gasteiger partial charge in [-0.05, 0) is 50.4 Å². The van der Waals surface area contributed by atoms with E-state index in [4.69, 9.17) is 21.9 Å². The standard InChI is InChI=1S/C21H31N7O6/c22-19-26-15-14(16(29)27-19)25-9-28(15)10-34-13(7-11-3-1-5-20(11,23)17(30)31)8-12-4-2-6-21(12,24)18(32)33/h9,11-13H,1-8,10,23-24H2,(H,30,31)(H,32,33)(H3,22,26,27,29). The number of hydrogen-bond acceptors (Lipinski definition) is 9. The highest BCUT2D eigenvalue weighted by atomic mass is 16.5. The summed E-state index contributed by atoms with van der Waals surface area (Å²) in [5.74, 6) is -2.81. The third-order valence-corrected chi connectivity index (χ3v) is 7.58. The van der Waals surface area contributed by atoms with Crippen LogP contribution in [-0.4, -0.2) is 58.9 Å². The van der Waals surface area contributed by atoms with Crippen LogP contribution >= 0.6 is 0 Å². The van der Waals surface area contributed by atoms with Gasteiger partial charge in [-0.15, -0.1) is 0 Å². The Bertz CT molecular complexity index is 1110. The molecular formula is C21H31N7O6. The maximum atomic E-state index is 12.1. The Labute approximate surface area is 194 Å². The molecule has 4 atom stereocenters. The fourth-order valence-electron chi connectivity index (χ4n) is 5.54. The van der Waals surface area contributed by atoms with Gasteiger partial charge in [0.15, 0.2) is 11.2 Å². The topological polar surface area (TPSA) is 225 Å². The molecule has 34 heavy (non-hydrogen) atoms. The van der Waals surface area contributed by atoms with Gasteiger partial charge in [0.05, 0.1) is 12.4 Å². The number of carboxylic acid groups (broad SMARTS) is 2. The second kappa shape index (κ2) is 8.96. The van der Waals surface area contributed by atoms with Crippen LogP contribution in [0.5, 0.6) is 0 Å². The monoisotopic (exact) mass is 477 g/mol. The van der Waals surface area contributed by atoms with Crippen molar-refractivity contribution in [3.8, 4) is 0 Å². The smallest absolute Gasteiger partial charge is 0.323 e. The first-order chi connectivity index (χ1) is 16.0. The maximum absolute atomic E-state index is 12.1. The third-order valence-electron chi connectivity index (χ3n) is 7.58. The summed E-state index contributed by atoms with van der Waals surface area (Å²) in [7, 11) is 0. The Hall–Kier alpha value is -3.03. The van der Waals surface area contributed by atoms with E-state index in [0.29, 0.717) is 51.4 Å². The Morgan fingerprint density at radius 2 is 1.71 bits per heavy atom. The number of anilines is 1. The number of hydrogen-bond donors (Lipinski definition) is 6. The van der Waals surface area contributed by atoms with Gasteiger partial charge in [-0.1, -0.05) is 12.8 Å². The second-order valence-electron chi connectivity index (χ2n) is 9.60. The van der Waals surface area contributed by atoms with Crippen LogP contribution in [0, 0.1) is 11.8 Å². The van der Waals surface area contributed by atoms with E-state index in [1.165, 1.54) is 10.9 Å². The summed E-state index contributed by atoms with van der Waals surface area (Å²) in [5.41, 5.74) is 15.3. The lowest BCUT2D eigenvalue weighted by Crippen LogP contribution is -2.53. The molecule has 0 bridgehead atoms. The van der Waals surface area contributed by atoms with Crippen molar-refractivity contribution in [1.29, 1.82) is 0 Å². The molecule has 2 aromatic rings. The van der Waals surface area contributed by atoms with Gasteiger partial charge in [0.2, 0.25) is 5.95 Å². The second-order valence-corrected chi connectivity index (χ2v) is 9.60. The average Bonchev–Trinajstić information content (AvgIpc) is 3.45. The Balaban J connectivity index is 1.57. The molecule has 4 rings (SSSR count). The van der Waals surface area contributed by atoms with Crippen molar-refractivity contribution in [2.45, 2.75) is 75.3 Å². The molecule has 0 amide bonds. The van der Waals surface area contributed by atoms with Crippen molar-refractivity contribution in [2.24, 2.45) is 23.3 Å². The molecule has 186 valence electrons. The summed E-state index contributed by atoms with van der Waals surface area (Å²) >= 11 is 0. The van der Waals surface area contributed by atoms with Gasteiger partial charge >= 0.3 is 11.9 Å². The summed E-state index contributed by atoms with van der Waals surface area (Å²) in [4.78, 5) is 46.4. The summed E-state index contributed by atoms with van der Waals surface area (Å²) in [6.45, 7) is -0.0359. The number of ether oxygens (including phenoxy) is 1. The Kier molecular flexibility index (Phi) is 6.36. The number of nitrogens with zero attached hydrogens (tertiary/aromatic N) is 3. The number of imidazole rings is 1. The van der Waals surface area contributed by atoms with Crippen LogP contribution in [-0.2, 0) is 21.1 Å². The lowest BCUT2D eigenvalue weighted by atomic mass is 9.79. The van der Waals surface area contributed by atoms with E-state index in [0.717, 1.165) is 0 Å². The molecule has 2 aromatic heterocycles. The predicted molar refractivity (Wildman–Crippen MR) is 120 cm³/mol. The number of nitrogens with one attached hydrogen (secondary N) is 1. The van der Waals surface area contributed by atoms with Crippen molar-refractivity contribution in [1.82, 2.24) is 19.5 Å². The molecule has 0 radical (unpaired) electrons. The molecule has 9 N–H and O–H groups in total. The minimum Gasteiger partial charge on any atom is -0.480 e. The molecule has 13 nitrogen and oxygen atoms in total. The molecule has 2 fully saturated rings. The molecule has 4 unspecified atom stereocenters. The first kappa shape index (κ1) is 24.1. The highest BCUT2D eigenvalue weighted by Gasteiger charge is 2.49. The number of nitrogen functional groups attached to an aromatic ring is 1. The van der Waals surface area contributed by atoms with Crippen LogP contribution in [0.3, 0.4) is 0 Å². The van der Waals surface area contributed by atoms with Gasteiger partial charge in [0, 0.05) is 0 Å². The molecule has 2 saturated carbocycles. The molecule has 0 aliphatic heterocycles. The fraction of sp³-hybridized carbons (Fsp3) is 0.667. The van der Waals surface area contributed by atoms with Gasteiger partial charge in [-0.3, -0.25) is 23.9 Å². The van der Waals surface area contributed by atoms with Crippen molar-refractivity contribution >= 4 is 29.1 Å². The lowest BCUT2D eigenvalue weighted by Gasteiger charge is -2.34. The number of carbonyl (C=O) groups is 2. The van der Waals surface area contributed by atoms with Crippen molar-refractivity contribution in [2.75, 3.05) is 5.73 Å². The predicted octanol–water partition coefficient (Wildman–Crippen LogP) is -0.0109. The van der Waals surface area contributed by atoms with E-state index in [-0.39, 0.29) is 35.7 Å². The molecule has 0 aromatic carbocycles. The number of aliphatic carboxylic acids is 2. The van der Waals surface area contributed by atoms with E-state index in [1.54, 1.807) is 0 Å². The first-order valence-electron chi connectivity index (χ1n) is 11.4. The molecule has 13 heteroatoms. The van der Waals surface area contributed by atoms with Crippen LogP contribution < -0.4 is 22.8 Å². The van der Waals surface area contributed by atoms with Crippen molar-refractivity contribution in [3.63, 3.8) is 0 Å². The van der Waals surface area contributed by atoms with Gasteiger partial charge in [-0.25, -0.2) is 4.98 Å². The Morgan fingerprint density at radius 3 is 2.24 bits per heavy atom. The molecule has 0 saturated heterocycles. The van der Waals surface area contributed by atoms with Crippen LogP contribution in [0.2, 0.25) is 0 Å². The number of aromatic amines is 1. The number of aromatic nitrogens is 4. The van der Waals surface area contributed by atoms with Gasteiger partial charge < -0.3 is 32.2 Å². The van der Waals surface area contributed by atoms with E-state index >= 15 is 0 Å². The summed E-state index contributed by atoms with van der Waals surface area (Å²) in [6, 6.07) is 0. The summed E-state index contributed by atoms with van der Waals surface area (Å²) < 4.78 is 7.70. The van der Waals surface area contributed by atoms with E-state index in [9.17, 15) is 24.6 Å².